The molecule has 2 aromatic rings. The number of nitrogens with two attached hydrogens (primary N) is 1. The molecule has 0 unspecified atom stereocenters. The average Bonchev–Trinajstić information content (AvgIpc) is 2.82. The van der Waals surface area contributed by atoms with E-state index in [2.05, 4.69) is 25.3 Å². The molecule has 96 valence electrons. The lowest BCUT2D eigenvalue weighted by atomic mass is 10.3. The van der Waals surface area contributed by atoms with Crippen LogP contribution in [0.15, 0.2) is 17.7 Å². The van der Waals surface area contributed by atoms with Gasteiger partial charge in [0.2, 0.25) is 0 Å². The summed E-state index contributed by atoms with van der Waals surface area (Å²) in [5, 5.41) is 3.46. The average molecular weight is 266 g/mol. The van der Waals surface area contributed by atoms with E-state index in [1.807, 2.05) is 0 Å². The van der Waals surface area contributed by atoms with Gasteiger partial charge in [0.15, 0.2) is 5.65 Å². The Bertz CT molecular complexity index is 528. The molecular weight excluding hydrogens is 252 g/mol. The highest BCUT2D eigenvalue weighted by atomic mass is 32.2. The van der Waals surface area contributed by atoms with Crippen molar-refractivity contribution in [2.75, 3.05) is 12.3 Å². The normalized spacial score (nSPS) is 10.7. The first-order valence-corrected chi connectivity index (χ1v) is 6.56. The summed E-state index contributed by atoms with van der Waals surface area (Å²) in [6, 6.07) is -0.474. The van der Waals surface area contributed by atoms with Crippen LogP contribution >= 0.6 is 11.8 Å². The van der Waals surface area contributed by atoms with Gasteiger partial charge in [0, 0.05) is 6.54 Å². The highest BCUT2D eigenvalue weighted by molar-refractivity contribution is 7.99. The molecule has 2 rings (SSSR count). The van der Waals surface area contributed by atoms with Crippen LogP contribution in [0.3, 0.4) is 0 Å². The van der Waals surface area contributed by atoms with Gasteiger partial charge >= 0.3 is 6.03 Å². The highest BCUT2D eigenvalue weighted by Gasteiger charge is 2.05. The molecular formula is C10H14N6OS. The molecule has 8 heteroatoms. The molecule has 0 saturated carbocycles. The fourth-order valence-corrected chi connectivity index (χ4v) is 2.42. The van der Waals surface area contributed by atoms with Crippen molar-refractivity contribution in [1.29, 1.82) is 0 Å². The van der Waals surface area contributed by atoms with Gasteiger partial charge in [-0.2, -0.15) is 0 Å². The third-order valence-electron chi connectivity index (χ3n) is 2.30. The molecule has 0 saturated heterocycles. The zero-order chi connectivity index (χ0) is 12.8. The van der Waals surface area contributed by atoms with Crippen molar-refractivity contribution in [3.8, 4) is 0 Å². The summed E-state index contributed by atoms with van der Waals surface area (Å²) in [4.78, 5) is 25.8. The van der Waals surface area contributed by atoms with Crippen LogP contribution in [-0.4, -0.2) is 38.3 Å². The maximum Gasteiger partial charge on any atom is 0.312 e. The highest BCUT2D eigenvalue weighted by Crippen LogP contribution is 2.22. The lowest BCUT2D eigenvalue weighted by Gasteiger charge is -2.02. The number of primary amides is 1. The Balaban J connectivity index is 1.76. The van der Waals surface area contributed by atoms with Crippen molar-refractivity contribution < 1.29 is 4.79 Å². The van der Waals surface area contributed by atoms with Crippen molar-refractivity contribution in [3.63, 3.8) is 0 Å². The SMILES string of the molecule is NC(=O)NCCCCSc1ncnc2nc[nH]c12. The van der Waals surface area contributed by atoms with E-state index in [-0.39, 0.29) is 0 Å². The van der Waals surface area contributed by atoms with E-state index in [9.17, 15) is 4.79 Å². The first-order valence-electron chi connectivity index (χ1n) is 5.57. The van der Waals surface area contributed by atoms with Crippen molar-refractivity contribution in [3.05, 3.63) is 12.7 Å². The number of nitrogens with zero attached hydrogens (tertiary/aromatic N) is 3. The maximum atomic E-state index is 10.4. The first kappa shape index (κ1) is 12.6. The quantitative estimate of drug-likeness (QED) is 0.408. The molecule has 0 fully saturated rings. The van der Waals surface area contributed by atoms with Gasteiger partial charge in [-0.3, -0.25) is 0 Å². The molecule has 0 aliphatic rings. The number of carbonyl (C=O) groups excluding carboxylic acids is 1. The minimum Gasteiger partial charge on any atom is -0.352 e. The van der Waals surface area contributed by atoms with Crippen molar-refractivity contribution >= 4 is 29.0 Å². The van der Waals surface area contributed by atoms with E-state index < -0.39 is 6.03 Å². The molecule has 2 aromatic heterocycles. The second kappa shape index (κ2) is 6.20. The Hall–Kier alpha value is -1.83. The fraction of sp³-hybridized carbons (Fsp3) is 0.400. The van der Waals surface area contributed by atoms with E-state index in [1.54, 1.807) is 18.1 Å². The van der Waals surface area contributed by atoms with Gasteiger partial charge in [0.25, 0.3) is 0 Å². The van der Waals surface area contributed by atoms with Gasteiger partial charge in [-0.05, 0) is 18.6 Å². The summed E-state index contributed by atoms with van der Waals surface area (Å²) in [6.07, 6.45) is 5.00. The zero-order valence-electron chi connectivity index (χ0n) is 9.72. The first-order chi connectivity index (χ1) is 8.77. The van der Waals surface area contributed by atoms with Gasteiger partial charge in [0.05, 0.1) is 6.33 Å². The van der Waals surface area contributed by atoms with E-state index in [0.717, 1.165) is 29.1 Å². The molecule has 0 spiro atoms. The van der Waals surface area contributed by atoms with Gasteiger partial charge in [-0.25, -0.2) is 19.7 Å². The maximum absolute atomic E-state index is 10.4. The number of hydrogen-bond acceptors (Lipinski definition) is 5. The van der Waals surface area contributed by atoms with Crippen LogP contribution in [0.2, 0.25) is 0 Å². The topological polar surface area (TPSA) is 110 Å². The smallest absolute Gasteiger partial charge is 0.312 e. The molecule has 4 N–H and O–H groups in total. The number of H-pyrrole nitrogens is 1. The molecule has 18 heavy (non-hydrogen) atoms. The summed E-state index contributed by atoms with van der Waals surface area (Å²) in [5.41, 5.74) is 6.52. The van der Waals surface area contributed by atoms with Crippen molar-refractivity contribution in [1.82, 2.24) is 25.3 Å². The third-order valence-corrected chi connectivity index (χ3v) is 3.37. The van der Waals surface area contributed by atoms with Gasteiger partial charge in [-0.1, -0.05) is 0 Å². The van der Waals surface area contributed by atoms with Gasteiger partial charge < -0.3 is 16.0 Å². The summed E-state index contributed by atoms with van der Waals surface area (Å²) < 4.78 is 0. The van der Waals surface area contributed by atoms with Crippen LogP contribution in [0.4, 0.5) is 4.79 Å². The van der Waals surface area contributed by atoms with E-state index in [1.165, 1.54) is 6.33 Å². The molecule has 7 nitrogen and oxygen atoms in total. The number of rotatable bonds is 6. The van der Waals surface area contributed by atoms with Crippen LogP contribution in [0.1, 0.15) is 12.8 Å². The number of nitrogens with one attached hydrogen (secondary N) is 2. The Morgan fingerprint density at radius 1 is 1.39 bits per heavy atom. The van der Waals surface area contributed by atoms with E-state index in [0.29, 0.717) is 12.2 Å². The molecule has 0 radical (unpaired) electrons. The number of amides is 2. The minimum absolute atomic E-state index is 0.474. The standard InChI is InChI=1S/C10H14N6OS/c11-10(17)12-3-1-2-4-18-9-7-8(14-5-13-7)15-6-16-9/h5-6H,1-4H2,(H3,11,12,17)(H,13,14,15,16). The predicted octanol–water partition coefficient (Wildman–Crippen LogP) is 0.893. The lowest BCUT2D eigenvalue weighted by molar-refractivity contribution is 0.249. The zero-order valence-corrected chi connectivity index (χ0v) is 10.5. The van der Waals surface area contributed by atoms with Crippen LogP contribution in [0, 0.1) is 0 Å². The Kier molecular flexibility index (Phi) is 4.35. The fourth-order valence-electron chi connectivity index (χ4n) is 1.46. The number of urea groups is 1. The summed E-state index contributed by atoms with van der Waals surface area (Å²) in [7, 11) is 0. The predicted molar refractivity (Wildman–Crippen MR) is 69.2 cm³/mol. The molecule has 2 amide bonds. The molecule has 0 atom stereocenters. The number of imidazole rings is 1. The molecule has 0 aliphatic heterocycles. The van der Waals surface area contributed by atoms with Crippen LogP contribution < -0.4 is 11.1 Å². The second-order valence-corrected chi connectivity index (χ2v) is 4.71. The van der Waals surface area contributed by atoms with Crippen LogP contribution in [0.25, 0.3) is 11.2 Å². The number of carbonyl (C=O) groups is 1. The number of aromatic nitrogens is 4. The number of aromatic amines is 1. The molecule has 0 bridgehead atoms. The molecule has 2 heterocycles. The second-order valence-electron chi connectivity index (χ2n) is 3.63. The molecule has 0 aromatic carbocycles. The number of thioether (sulfide) groups is 1. The Morgan fingerprint density at radius 2 is 2.28 bits per heavy atom. The summed E-state index contributed by atoms with van der Waals surface area (Å²) >= 11 is 1.65. The van der Waals surface area contributed by atoms with Crippen molar-refractivity contribution in [2.45, 2.75) is 17.9 Å². The van der Waals surface area contributed by atoms with Gasteiger partial charge in [0.1, 0.15) is 16.9 Å². The number of hydrogen-bond donors (Lipinski definition) is 3. The Labute approximate surface area is 108 Å². The van der Waals surface area contributed by atoms with Crippen LogP contribution in [0.5, 0.6) is 0 Å². The molecule has 0 aliphatic carbocycles. The summed E-state index contributed by atoms with van der Waals surface area (Å²) in [5.74, 6) is 0.922. The number of unbranched alkanes of at least 4 members (excludes halogenated alkanes) is 1. The third kappa shape index (κ3) is 3.33. The lowest BCUT2D eigenvalue weighted by Crippen LogP contribution is -2.30. The van der Waals surface area contributed by atoms with E-state index in [4.69, 9.17) is 5.73 Å². The van der Waals surface area contributed by atoms with Gasteiger partial charge in [-0.15, -0.1) is 11.8 Å². The van der Waals surface area contributed by atoms with Crippen molar-refractivity contribution in [2.24, 2.45) is 5.73 Å². The van der Waals surface area contributed by atoms with E-state index >= 15 is 0 Å². The van der Waals surface area contributed by atoms with Crippen LogP contribution in [-0.2, 0) is 0 Å². The minimum atomic E-state index is -0.474. The number of fused-ring (bicyclic) bond motifs is 1. The summed E-state index contributed by atoms with van der Waals surface area (Å²) in [6.45, 7) is 0.610. The largest absolute Gasteiger partial charge is 0.352 e. The Morgan fingerprint density at radius 3 is 3.11 bits per heavy atom. The monoisotopic (exact) mass is 266 g/mol.